The van der Waals surface area contributed by atoms with E-state index in [0.717, 1.165) is 0 Å². The third kappa shape index (κ3) is 1.13. The summed E-state index contributed by atoms with van der Waals surface area (Å²) in [4.78, 5) is 25.9. The van der Waals surface area contributed by atoms with Gasteiger partial charge in [0.25, 0.3) is 0 Å². The van der Waals surface area contributed by atoms with Crippen molar-refractivity contribution in [3.05, 3.63) is 34.2 Å². The second-order valence-corrected chi connectivity index (χ2v) is 2.61. The first-order valence-corrected chi connectivity index (χ1v) is 3.77. The van der Waals surface area contributed by atoms with E-state index < -0.39 is 17.1 Å². The fourth-order valence-corrected chi connectivity index (χ4v) is 1.11. The summed E-state index contributed by atoms with van der Waals surface area (Å²) in [5.74, 6) is -1.35. The molecule has 14 heavy (non-hydrogen) atoms. The van der Waals surface area contributed by atoms with Gasteiger partial charge in [0.1, 0.15) is 0 Å². The minimum absolute atomic E-state index is 0.222. The molecular weight excluding hydrogens is 186 g/mol. The van der Waals surface area contributed by atoms with E-state index in [-0.39, 0.29) is 11.0 Å². The van der Waals surface area contributed by atoms with Gasteiger partial charge in [0, 0.05) is 6.20 Å². The molecule has 6 nitrogen and oxygen atoms in total. The highest BCUT2D eigenvalue weighted by atomic mass is 16.4. The number of nitrogens with zero attached hydrogens (tertiary/aromatic N) is 2. The molecule has 2 N–H and O–H groups in total. The van der Waals surface area contributed by atoms with Crippen molar-refractivity contribution in [2.75, 3.05) is 0 Å². The normalized spacial score (nSPS) is 10.3. The van der Waals surface area contributed by atoms with Crippen molar-refractivity contribution >= 4 is 17.0 Å². The first-order valence-electron chi connectivity index (χ1n) is 3.77. The van der Waals surface area contributed by atoms with Gasteiger partial charge in [-0.25, -0.2) is 9.78 Å². The molecule has 0 saturated heterocycles. The van der Waals surface area contributed by atoms with E-state index in [1.807, 2.05) is 0 Å². The van der Waals surface area contributed by atoms with Crippen LogP contribution in [0.5, 0.6) is 0 Å². The Balaban J connectivity index is 2.89. The van der Waals surface area contributed by atoms with Gasteiger partial charge in [-0.3, -0.25) is 9.89 Å². The summed E-state index contributed by atoms with van der Waals surface area (Å²) in [7, 11) is 0. The zero-order chi connectivity index (χ0) is 10.1. The molecule has 0 aliphatic carbocycles. The van der Waals surface area contributed by atoms with E-state index in [1.165, 1.54) is 12.3 Å². The van der Waals surface area contributed by atoms with Gasteiger partial charge in [-0.2, -0.15) is 5.10 Å². The molecule has 0 spiro atoms. The molecule has 2 rings (SSSR count). The van der Waals surface area contributed by atoms with Gasteiger partial charge in [-0.1, -0.05) is 0 Å². The molecule has 0 unspecified atom stereocenters. The number of pyridine rings is 1. The highest BCUT2D eigenvalue weighted by Crippen LogP contribution is 2.01. The van der Waals surface area contributed by atoms with Gasteiger partial charge in [0.15, 0.2) is 5.65 Å². The SMILES string of the molecule is O=C(O)c1n[nH]c2ncccc2c1=O. The predicted molar refractivity (Wildman–Crippen MR) is 47.1 cm³/mol. The Morgan fingerprint density at radius 2 is 2.29 bits per heavy atom. The average molecular weight is 191 g/mol. The van der Waals surface area contributed by atoms with Crippen molar-refractivity contribution in [2.24, 2.45) is 0 Å². The van der Waals surface area contributed by atoms with Crippen LogP contribution in [0.2, 0.25) is 0 Å². The summed E-state index contributed by atoms with van der Waals surface area (Å²) < 4.78 is 0. The Morgan fingerprint density at radius 3 is 3.00 bits per heavy atom. The second-order valence-electron chi connectivity index (χ2n) is 2.61. The lowest BCUT2D eigenvalue weighted by Crippen LogP contribution is -2.18. The molecule has 0 aromatic carbocycles. The summed E-state index contributed by atoms with van der Waals surface area (Å²) in [6.45, 7) is 0. The molecule has 0 aliphatic rings. The number of H-pyrrole nitrogens is 1. The van der Waals surface area contributed by atoms with Crippen LogP contribution in [0.3, 0.4) is 0 Å². The van der Waals surface area contributed by atoms with Gasteiger partial charge in [-0.15, -0.1) is 0 Å². The quantitative estimate of drug-likeness (QED) is 0.662. The Bertz CT molecular complexity index is 561. The van der Waals surface area contributed by atoms with E-state index in [4.69, 9.17) is 5.11 Å². The molecule has 2 heterocycles. The molecule has 0 radical (unpaired) electrons. The molecule has 0 atom stereocenters. The molecule has 0 fully saturated rings. The van der Waals surface area contributed by atoms with Crippen LogP contribution in [-0.4, -0.2) is 26.3 Å². The number of carboxylic acid groups (broad SMARTS) is 1. The molecule has 2 aromatic rings. The zero-order valence-electron chi connectivity index (χ0n) is 6.89. The second kappa shape index (κ2) is 2.91. The highest BCUT2D eigenvalue weighted by molar-refractivity contribution is 5.89. The van der Waals surface area contributed by atoms with Crippen molar-refractivity contribution in [3.63, 3.8) is 0 Å². The van der Waals surface area contributed by atoms with Crippen LogP contribution in [0.15, 0.2) is 23.1 Å². The number of nitrogens with one attached hydrogen (secondary N) is 1. The first-order chi connectivity index (χ1) is 6.70. The number of aromatic nitrogens is 3. The molecule has 2 aromatic heterocycles. The van der Waals surface area contributed by atoms with Gasteiger partial charge < -0.3 is 5.11 Å². The Labute approximate surface area is 77.2 Å². The van der Waals surface area contributed by atoms with Crippen LogP contribution >= 0.6 is 0 Å². The zero-order valence-corrected chi connectivity index (χ0v) is 6.89. The average Bonchev–Trinajstić information content (AvgIpc) is 2.18. The van der Waals surface area contributed by atoms with Crippen LogP contribution < -0.4 is 5.43 Å². The summed E-state index contributed by atoms with van der Waals surface area (Å²) in [6.07, 6.45) is 1.49. The van der Waals surface area contributed by atoms with Crippen molar-refractivity contribution in [1.29, 1.82) is 0 Å². The lowest BCUT2D eigenvalue weighted by molar-refractivity contribution is 0.0688. The monoisotopic (exact) mass is 191 g/mol. The van der Waals surface area contributed by atoms with E-state index in [2.05, 4.69) is 15.2 Å². The Hall–Kier alpha value is -2.24. The lowest BCUT2D eigenvalue weighted by Gasteiger charge is -1.96. The molecule has 0 bridgehead atoms. The van der Waals surface area contributed by atoms with E-state index in [0.29, 0.717) is 0 Å². The number of fused-ring (bicyclic) bond motifs is 1. The fraction of sp³-hybridized carbons (Fsp3) is 0. The molecule has 70 valence electrons. The van der Waals surface area contributed by atoms with E-state index in [9.17, 15) is 9.59 Å². The number of carbonyl (C=O) groups is 1. The van der Waals surface area contributed by atoms with Crippen molar-refractivity contribution in [2.45, 2.75) is 0 Å². The largest absolute Gasteiger partial charge is 0.476 e. The molecule has 6 heteroatoms. The van der Waals surface area contributed by atoms with Gasteiger partial charge >= 0.3 is 5.97 Å². The van der Waals surface area contributed by atoms with E-state index in [1.54, 1.807) is 6.07 Å². The third-order valence-corrected chi connectivity index (χ3v) is 1.74. The maximum atomic E-state index is 11.5. The first kappa shape index (κ1) is 8.36. The topological polar surface area (TPSA) is 95.9 Å². The Morgan fingerprint density at radius 1 is 1.50 bits per heavy atom. The molecule has 0 saturated carbocycles. The van der Waals surface area contributed by atoms with E-state index >= 15 is 0 Å². The fourth-order valence-electron chi connectivity index (χ4n) is 1.11. The third-order valence-electron chi connectivity index (χ3n) is 1.74. The van der Waals surface area contributed by atoms with Crippen LogP contribution in [0.1, 0.15) is 10.5 Å². The summed E-state index contributed by atoms with van der Waals surface area (Å²) in [6, 6.07) is 3.05. The van der Waals surface area contributed by atoms with Crippen molar-refractivity contribution < 1.29 is 9.90 Å². The van der Waals surface area contributed by atoms with Crippen LogP contribution in [0.4, 0.5) is 0 Å². The predicted octanol–water partition coefficient (Wildman–Crippen LogP) is 0.0163. The number of aromatic carboxylic acids is 1. The maximum absolute atomic E-state index is 11.5. The summed E-state index contributed by atoms with van der Waals surface area (Å²) in [5, 5.41) is 14.7. The molecule has 0 aliphatic heterocycles. The molecule has 0 amide bonds. The molecular formula is C8H5N3O3. The van der Waals surface area contributed by atoms with Gasteiger partial charge in [0.2, 0.25) is 11.1 Å². The van der Waals surface area contributed by atoms with Crippen LogP contribution in [0, 0.1) is 0 Å². The summed E-state index contributed by atoms with van der Waals surface area (Å²) >= 11 is 0. The number of hydrogen-bond acceptors (Lipinski definition) is 4. The number of rotatable bonds is 1. The lowest BCUT2D eigenvalue weighted by atomic mass is 10.2. The number of carboxylic acids is 1. The number of hydrogen-bond donors (Lipinski definition) is 2. The van der Waals surface area contributed by atoms with Crippen molar-refractivity contribution in [1.82, 2.24) is 15.2 Å². The minimum Gasteiger partial charge on any atom is -0.476 e. The number of aromatic amines is 1. The Kier molecular flexibility index (Phi) is 1.74. The summed E-state index contributed by atoms with van der Waals surface area (Å²) in [5.41, 5.74) is -0.868. The van der Waals surface area contributed by atoms with Gasteiger partial charge in [0.05, 0.1) is 5.39 Å². The smallest absolute Gasteiger partial charge is 0.360 e. The van der Waals surface area contributed by atoms with Crippen LogP contribution in [-0.2, 0) is 0 Å². The minimum atomic E-state index is -1.35. The highest BCUT2D eigenvalue weighted by Gasteiger charge is 2.12. The van der Waals surface area contributed by atoms with Crippen LogP contribution in [0.25, 0.3) is 11.0 Å². The maximum Gasteiger partial charge on any atom is 0.360 e. The standard InChI is InChI=1S/C8H5N3O3/c12-6-4-2-1-3-9-7(4)11-10-5(6)8(13)14/h1-3H,(H,13,14)(H,9,11,12). The van der Waals surface area contributed by atoms with Gasteiger partial charge in [-0.05, 0) is 12.1 Å². The van der Waals surface area contributed by atoms with Crippen molar-refractivity contribution in [3.8, 4) is 0 Å².